The van der Waals surface area contributed by atoms with Crippen LogP contribution in [0.5, 0.6) is 5.75 Å². The van der Waals surface area contributed by atoms with E-state index in [4.69, 9.17) is 16.3 Å². The highest BCUT2D eigenvalue weighted by atomic mass is 35.5. The minimum Gasteiger partial charge on any atom is -0.494 e. The van der Waals surface area contributed by atoms with Gasteiger partial charge in [-0.25, -0.2) is 12.7 Å². The first-order chi connectivity index (χ1) is 10.0. The standard InChI is InChI=1S/C15H22ClNO3S/c1-17(12-13-4-2-5-13)21(18,19)15-8-6-14(7-9-15)20-11-3-10-16/h6-9,13H,2-5,10-12H2,1H3. The van der Waals surface area contributed by atoms with E-state index < -0.39 is 10.0 Å². The molecule has 2 rings (SSSR count). The highest BCUT2D eigenvalue weighted by Gasteiger charge is 2.26. The third kappa shape index (κ3) is 4.34. The molecule has 0 aromatic heterocycles. The summed E-state index contributed by atoms with van der Waals surface area (Å²) in [6, 6.07) is 6.59. The molecule has 118 valence electrons. The molecule has 1 aliphatic rings. The van der Waals surface area contributed by atoms with Gasteiger partial charge in [0.15, 0.2) is 0 Å². The van der Waals surface area contributed by atoms with Gasteiger partial charge in [-0.2, -0.15) is 0 Å². The second-order valence-corrected chi connectivity index (χ2v) is 7.87. The Hall–Kier alpha value is -0.780. The van der Waals surface area contributed by atoms with Gasteiger partial charge in [0.05, 0.1) is 11.5 Å². The Kier molecular flexibility index (Phi) is 5.90. The van der Waals surface area contributed by atoms with Crippen molar-refractivity contribution in [1.82, 2.24) is 4.31 Å². The van der Waals surface area contributed by atoms with Gasteiger partial charge in [0.2, 0.25) is 10.0 Å². The van der Waals surface area contributed by atoms with Gasteiger partial charge in [-0.1, -0.05) is 6.42 Å². The monoisotopic (exact) mass is 331 g/mol. The number of alkyl halides is 1. The van der Waals surface area contributed by atoms with E-state index >= 15 is 0 Å². The van der Waals surface area contributed by atoms with Gasteiger partial charge >= 0.3 is 0 Å². The quantitative estimate of drug-likeness (QED) is 0.543. The van der Waals surface area contributed by atoms with Crippen molar-refractivity contribution < 1.29 is 13.2 Å². The first kappa shape index (κ1) is 16.6. The van der Waals surface area contributed by atoms with Gasteiger partial charge in [0.25, 0.3) is 0 Å². The molecule has 0 saturated heterocycles. The zero-order chi connectivity index (χ0) is 15.3. The van der Waals surface area contributed by atoms with Crippen LogP contribution in [0.15, 0.2) is 29.2 Å². The van der Waals surface area contributed by atoms with E-state index in [9.17, 15) is 8.42 Å². The van der Waals surface area contributed by atoms with Crippen LogP contribution in [0, 0.1) is 5.92 Å². The normalized spacial score (nSPS) is 16.0. The predicted octanol–water partition coefficient (Wildman–Crippen LogP) is 3.11. The molecule has 0 bridgehead atoms. The van der Waals surface area contributed by atoms with Gasteiger partial charge in [0, 0.05) is 19.5 Å². The molecular weight excluding hydrogens is 310 g/mol. The smallest absolute Gasteiger partial charge is 0.242 e. The summed E-state index contributed by atoms with van der Waals surface area (Å²) in [6.45, 7) is 1.15. The van der Waals surface area contributed by atoms with Crippen molar-refractivity contribution in [3.63, 3.8) is 0 Å². The summed E-state index contributed by atoms with van der Waals surface area (Å²) in [4.78, 5) is 0.314. The fourth-order valence-corrected chi connectivity index (χ4v) is 3.63. The number of hydrogen-bond donors (Lipinski definition) is 0. The third-order valence-corrected chi connectivity index (χ3v) is 5.92. The maximum Gasteiger partial charge on any atom is 0.242 e. The Labute approximate surface area is 132 Å². The number of nitrogens with zero attached hydrogens (tertiary/aromatic N) is 1. The van der Waals surface area contributed by atoms with Crippen LogP contribution in [-0.4, -0.2) is 38.8 Å². The van der Waals surface area contributed by atoms with Gasteiger partial charge in [-0.05, 0) is 49.4 Å². The average molecular weight is 332 g/mol. The number of benzene rings is 1. The molecule has 0 spiro atoms. The van der Waals surface area contributed by atoms with E-state index in [0.29, 0.717) is 35.6 Å². The van der Waals surface area contributed by atoms with Gasteiger partial charge in [-0.15, -0.1) is 11.6 Å². The molecule has 1 saturated carbocycles. The number of halogens is 1. The molecule has 1 fully saturated rings. The maximum absolute atomic E-state index is 12.4. The lowest BCUT2D eigenvalue weighted by Gasteiger charge is -2.29. The summed E-state index contributed by atoms with van der Waals surface area (Å²) in [5.41, 5.74) is 0. The van der Waals surface area contributed by atoms with Gasteiger partial charge < -0.3 is 4.74 Å². The van der Waals surface area contributed by atoms with Crippen LogP contribution < -0.4 is 4.74 Å². The molecule has 0 atom stereocenters. The maximum atomic E-state index is 12.4. The molecule has 21 heavy (non-hydrogen) atoms. The second-order valence-electron chi connectivity index (χ2n) is 5.44. The number of sulfonamides is 1. The van der Waals surface area contributed by atoms with E-state index in [1.54, 1.807) is 31.3 Å². The lowest BCUT2D eigenvalue weighted by molar-refractivity contribution is 0.263. The fraction of sp³-hybridized carbons (Fsp3) is 0.600. The Balaban J connectivity index is 1.98. The predicted molar refractivity (Wildman–Crippen MR) is 84.4 cm³/mol. The van der Waals surface area contributed by atoms with E-state index in [1.807, 2.05) is 0 Å². The van der Waals surface area contributed by atoms with Crippen LogP contribution >= 0.6 is 11.6 Å². The van der Waals surface area contributed by atoms with Crippen LogP contribution in [0.2, 0.25) is 0 Å². The molecule has 0 unspecified atom stereocenters. The second kappa shape index (κ2) is 7.47. The Bertz CT molecular complexity index is 541. The Morgan fingerprint density at radius 1 is 1.29 bits per heavy atom. The topological polar surface area (TPSA) is 46.6 Å². The molecule has 0 heterocycles. The summed E-state index contributed by atoms with van der Waals surface area (Å²) >= 11 is 5.58. The largest absolute Gasteiger partial charge is 0.494 e. The minimum atomic E-state index is -3.40. The van der Waals surface area contributed by atoms with Crippen LogP contribution in [-0.2, 0) is 10.0 Å². The molecule has 0 radical (unpaired) electrons. The van der Waals surface area contributed by atoms with Crippen LogP contribution in [0.4, 0.5) is 0 Å². The van der Waals surface area contributed by atoms with E-state index in [2.05, 4.69) is 0 Å². The van der Waals surface area contributed by atoms with Crippen molar-refractivity contribution in [3.8, 4) is 5.75 Å². The Morgan fingerprint density at radius 2 is 1.95 bits per heavy atom. The van der Waals surface area contributed by atoms with E-state index in [1.165, 1.54) is 10.7 Å². The van der Waals surface area contributed by atoms with Crippen molar-refractivity contribution in [2.45, 2.75) is 30.6 Å². The first-order valence-electron chi connectivity index (χ1n) is 7.29. The molecule has 0 amide bonds. The number of ether oxygens (including phenoxy) is 1. The van der Waals surface area contributed by atoms with Crippen LogP contribution in [0.25, 0.3) is 0 Å². The summed E-state index contributed by atoms with van der Waals surface area (Å²) in [6.07, 6.45) is 4.25. The highest BCUT2D eigenvalue weighted by molar-refractivity contribution is 7.89. The Morgan fingerprint density at radius 3 is 2.48 bits per heavy atom. The van der Waals surface area contributed by atoms with Gasteiger partial charge in [-0.3, -0.25) is 0 Å². The molecular formula is C15H22ClNO3S. The summed E-state index contributed by atoms with van der Waals surface area (Å²) in [5.74, 6) is 1.74. The van der Waals surface area contributed by atoms with Gasteiger partial charge in [0.1, 0.15) is 5.75 Å². The molecule has 1 aliphatic carbocycles. The molecule has 6 heteroatoms. The average Bonchev–Trinajstić information content (AvgIpc) is 2.43. The molecule has 1 aromatic carbocycles. The summed E-state index contributed by atoms with van der Waals surface area (Å²) in [7, 11) is -1.74. The molecule has 0 aliphatic heterocycles. The molecule has 0 N–H and O–H groups in total. The zero-order valence-electron chi connectivity index (χ0n) is 12.3. The van der Waals surface area contributed by atoms with E-state index in [-0.39, 0.29) is 0 Å². The van der Waals surface area contributed by atoms with Crippen molar-refractivity contribution >= 4 is 21.6 Å². The van der Waals surface area contributed by atoms with Crippen molar-refractivity contribution in [1.29, 1.82) is 0 Å². The SMILES string of the molecule is CN(CC1CCC1)S(=O)(=O)c1ccc(OCCCCl)cc1. The van der Waals surface area contributed by atoms with Crippen molar-refractivity contribution in [3.05, 3.63) is 24.3 Å². The van der Waals surface area contributed by atoms with E-state index in [0.717, 1.165) is 19.3 Å². The minimum absolute atomic E-state index is 0.314. The van der Waals surface area contributed by atoms with Crippen molar-refractivity contribution in [2.24, 2.45) is 5.92 Å². The number of rotatable bonds is 8. The molecule has 1 aromatic rings. The lowest BCUT2D eigenvalue weighted by Crippen LogP contribution is -2.34. The van der Waals surface area contributed by atoms with Crippen LogP contribution in [0.3, 0.4) is 0 Å². The van der Waals surface area contributed by atoms with Crippen molar-refractivity contribution in [2.75, 3.05) is 26.1 Å². The summed E-state index contributed by atoms with van der Waals surface area (Å²) < 4.78 is 31.8. The molecule has 4 nitrogen and oxygen atoms in total. The van der Waals surface area contributed by atoms with Crippen LogP contribution in [0.1, 0.15) is 25.7 Å². The highest BCUT2D eigenvalue weighted by Crippen LogP contribution is 2.28. The lowest BCUT2D eigenvalue weighted by atomic mass is 9.86. The third-order valence-electron chi connectivity index (χ3n) is 3.82. The fourth-order valence-electron chi connectivity index (χ4n) is 2.27. The first-order valence-corrected chi connectivity index (χ1v) is 9.26. The zero-order valence-corrected chi connectivity index (χ0v) is 13.9. The summed E-state index contributed by atoms with van der Waals surface area (Å²) in [5, 5.41) is 0. The number of hydrogen-bond acceptors (Lipinski definition) is 3.